The second-order valence-corrected chi connectivity index (χ2v) is 6.09. The highest BCUT2D eigenvalue weighted by Crippen LogP contribution is 2.16. The van der Waals surface area contributed by atoms with Crippen LogP contribution in [0.4, 0.5) is 0 Å². The molecule has 0 saturated carbocycles. The molecule has 11 heavy (non-hydrogen) atoms. The predicted octanol–water partition coefficient (Wildman–Crippen LogP) is 1.03. The lowest BCUT2D eigenvalue weighted by Crippen LogP contribution is -2.05. The molecule has 62 valence electrons. The van der Waals surface area contributed by atoms with E-state index in [2.05, 4.69) is 0 Å². The molecule has 0 aliphatic rings. The minimum Gasteiger partial charge on any atom is -0.508 e. The van der Waals surface area contributed by atoms with Crippen LogP contribution in [0.2, 0.25) is 0 Å². The molecule has 0 spiro atoms. The van der Waals surface area contributed by atoms with Crippen LogP contribution < -0.4 is 0 Å². The zero-order valence-electron chi connectivity index (χ0n) is 6.61. The quantitative estimate of drug-likeness (QED) is 0.621. The summed E-state index contributed by atoms with van der Waals surface area (Å²) in [5.41, 5.74) is 0. The molecule has 1 rings (SSSR count). The number of phenols is 1. The van der Waals surface area contributed by atoms with Crippen LogP contribution in [0.1, 0.15) is 0 Å². The molecule has 0 aliphatic carbocycles. The van der Waals surface area contributed by atoms with E-state index in [-0.39, 0.29) is 5.75 Å². The molecule has 0 atom stereocenters. The number of aromatic hydroxyl groups is 1. The van der Waals surface area contributed by atoms with Gasteiger partial charge in [0.2, 0.25) is 0 Å². The molecular weight excluding hydrogens is 160 g/mol. The van der Waals surface area contributed by atoms with Gasteiger partial charge in [0, 0.05) is 4.90 Å². The predicted molar refractivity (Wildman–Crippen MR) is 47.8 cm³/mol. The second-order valence-electron chi connectivity index (χ2n) is 2.87. The third-order valence-electron chi connectivity index (χ3n) is 1.47. The monoisotopic (exact) mass is 172 g/mol. The molecule has 0 unspecified atom stereocenters. The Hall–Kier alpha value is -0.830. The zero-order chi connectivity index (χ0) is 8.48. The molecule has 0 bridgehead atoms. The maximum Gasteiger partial charge on any atom is 0.115 e. The summed E-state index contributed by atoms with van der Waals surface area (Å²) in [7, 11) is -2.15. The highest BCUT2D eigenvalue weighted by Gasteiger charge is 2.03. The van der Waals surface area contributed by atoms with Crippen LogP contribution in [0, 0.1) is 0 Å². The minimum atomic E-state index is -2.15. The summed E-state index contributed by atoms with van der Waals surface area (Å²) in [6, 6.07) is 6.48. The smallest absolute Gasteiger partial charge is 0.115 e. The normalized spacial score (nSPS) is 12.9. The van der Waals surface area contributed by atoms with E-state index in [1.165, 1.54) is 0 Å². The van der Waals surface area contributed by atoms with Gasteiger partial charge in [-0.25, -0.2) is 0 Å². The standard InChI is InChI=1S/C8H12O2S/c1-11(2,10)8-5-3-7(9)4-6-8/h3-6,9,11H,1-2H3. The van der Waals surface area contributed by atoms with Crippen LogP contribution in [-0.2, 0) is 9.93 Å². The molecule has 0 amide bonds. The SMILES string of the molecule is C[SH](C)(=O)c1ccc(O)cc1. The van der Waals surface area contributed by atoms with E-state index >= 15 is 0 Å². The summed E-state index contributed by atoms with van der Waals surface area (Å²) in [5, 5.41) is 8.93. The molecule has 2 nitrogen and oxygen atoms in total. The summed E-state index contributed by atoms with van der Waals surface area (Å²) in [5.74, 6) is 0.210. The van der Waals surface area contributed by atoms with Crippen LogP contribution in [0.5, 0.6) is 5.75 Å². The highest BCUT2D eigenvalue weighted by molar-refractivity contribution is 8.01. The van der Waals surface area contributed by atoms with Crippen LogP contribution in [0.15, 0.2) is 29.2 Å². The van der Waals surface area contributed by atoms with Gasteiger partial charge in [-0.2, -0.15) is 0 Å². The summed E-state index contributed by atoms with van der Waals surface area (Å²) in [6.45, 7) is 0. The molecule has 1 aromatic rings. The van der Waals surface area contributed by atoms with Crippen molar-refractivity contribution in [2.75, 3.05) is 12.5 Å². The lowest BCUT2D eigenvalue weighted by molar-refractivity contribution is 0.475. The fourth-order valence-corrected chi connectivity index (χ4v) is 1.68. The molecule has 1 N–H and O–H groups in total. The Morgan fingerprint density at radius 2 is 1.64 bits per heavy atom. The molecule has 0 aliphatic heterocycles. The maximum atomic E-state index is 11.4. The van der Waals surface area contributed by atoms with Crippen LogP contribution in [0.3, 0.4) is 0 Å². The summed E-state index contributed by atoms with van der Waals surface area (Å²) in [6.07, 6.45) is 3.42. The van der Waals surface area contributed by atoms with E-state index in [0.717, 1.165) is 4.90 Å². The van der Waals surface area contributed by atoms with Gasteiger partial charge in [0.25, 0.3) is 0 Å². The van der Waals surface area contributed by atoms with E-state index in [1.807, 2.05) is 0 Å². The van der Waals surface area contributed by atoms with E-state index in [4.69, 9.17) is 5.11 Å². The van der Waals surface area contributed by atoms with Gasteiger partial charge in [0.1, 0.15) is 5.75 Å². The van der Waals surface area contributed by atoms with Gasteiger partial charge in [-0.1, -0.05) is 9.93 Å². The first-order chi connectivity index (χ1) is 5.00. The van der Waals surface area contributed by atoms with Crippen LogP contribution in [0.25, 0.3) is 0 Å². The van der Waals surface area contributed by atoms with E-state index in [0.29, 0.717) is 0 Å². The van der Waals surface area contributed by atoms with Crippen LogP contribution >= 0.6 is 0 Å². The van der Waals surface area contributed by atoms with E-state index in [9.17, 15) is 4.21 Å². The van der Waals surface area contributed by atoms with Gasteiger partial charge in [0.15, 0.2) is 0 Å². The second kappa shape index (κ2) is 2.66. The first-order valence-electron chi connectivity index (χ1n) is 3.35. The van der Waals surface area contributed by atoms with E-state index in [1.54, 1.807) is 36.8 Å². The van der Waals surface area contributed by atoms with Gasteiger partial charge in [-0.3, -0.25) is 4.21 Å². The third-order valence-corrected chi connectivity index (χ3v) is 3.01. The summed E-state index contributed by atoms with van der Waals surface area (Å²) < 4.78 is 11.4. The van der Waals surface area contributed by atoms with Gasteiger partial charge in [-0.15, -0.1) is 0 Å². The molecule has 0 saturated heterocycles. The fraction of sp³-hybridized carbons (Fsp3) is 0.250. The maximum absolute atomic E-state index is 11.4. The lowest BCUT2D eigenvalue weighted by atomic mass is 10.3. The van der Waals surface area contributed by atoms with Crippen molar-refractivity contribution < 1.29 is 9.32 Å². The molecule has 0 fully saturated rings. The van der Waals surface area contributed by atoms with E-state index < -0.39 is 9.93 Å². The average Bonchev–Trinajstić information content (AvgIpc) is 1.86. The molecule has 3 heteroatoms. The van der Waals surface area contributed by atoms with Gasteiger partial charge < -0.3 is 5.11 Å². The fourth-order valence-electron chi connectivity index (χ4n) is 0.812. The molecule has 1 aromatic carbocycles. The largest absolute Gasteiger partial charge is 0.508 e. The van der Waals surface area contributed by atoms with Crippen molar-refractivity contribution >= 4 is 9.93 Å². The van der Waals surface area contributed by atoms with Crippen LogP contribution in [-0.4, -0.2) is 21.8 Å². The summed E-state index contributed by atoms with van der Waals surface area (Å²) >= 11 is 0. The van der Waals surface area contributed by atoms with Crippen molar-refractivity contribution in [1.29, 1.82) is 0 Å². The number of thiol groups is 1. The molecule has 0 radical (unpaired) electrons. The Labute approximate surface area is 67.3 Å². The van der Waals surface area contributed by atoms with Gasteiger partial charge in [-0.05, 0) is 36.8 Å². The Balaban J connectivity index is 3.09. The van der Waals surface area contributed by atoms with Crippen molar-refractivity contribution in [3.63, 3.8) is 0 Å². The number of hydrogen-bond acceptors (Lipinski definition) is 2. The lowest BCUT2D eigenvalue weighted by Gasteiger charge is -2.11. The zero-order valence-corrected chi connectivity index (χ0v) is 7.51. The van der Waals surface area contributed by atoms with Gasteiger partial charge in [0.05, 0.1) is 0 Å². The van der Waals surface area contributed by atoms with Crippen molar-refractivity contribution in [1.82, 2.24) is 0 Å². The van der Waals surface area contributed by atoms with Crippen molar-refractivity contribution in [3.8, 4) is 5.75 Å². The topological polar surface area (TPSA) is 37.3 Å². The Kier molecular flexibility index (Phi) is 2.00. The molecule has 0 heterocycles. The molecule has 0 aromatic heterocycles. The number of hydrogen-bond donors (Lipinski definition) is 2. The number of rotatable bonds is 1. The van der Waals surface area contributed by atoms with Crippen molar-refractivity contribution in [2.45, 2.75) is 4.90 Å². The summed E-state index contributed by atoms with van der Waals surface area (Å²) in [4.78, 5) is 0.801. The minimum absolute atomic E-state index is 0.210. The van der Waals surface area contributed by atoms with Crippen molar-refractivity contribution in [2.24, 2.45) is 0 Å². The Morgan fingerprint density at radius 3 is 2.00 bits per heavy atom. The third kappa shape index (κ3) is 2.05. The number of benzene rings is 1. The highest BCUT2D eigenvalue weighted by atomic mass is 32.2. The number of phenolic OH excluding ortho intramolecular Hbond substituents is 1. The Bertz CT molecular complexity index is 283. The Morgan fingerprint density at radius 1 is 1.18 bits per heavy atom. The van der Waals surface area contributed by atoms with Crippen molar-refractivity contribution in [3.05, 3.63) is 24.3 Å². The van der Waals surface area contributed by atoms with Gasteiger partial charge >= 0.3 is 0 Å². The molecular formula is C8H12O2S. The average molecular weight is 172 g/mol. The first-order valence-corrected chi connectivity index (χ1v) is 5.95. The first kappa shape index (κ1) is 8.27.